The molecule has 0 N–H and O–H groups in total. The monoisotopic (exact) mass is 445 g/mol. The lowest BCUT2D eigenvalue weighted by atomic mass is 10.3. The van der Waals surface area contributed by atoms with E-state index in [1.807, 2.05) is 0 Å². The fraction of sp³-hybridized carbons (Fsp3) is 0.333. The summed E-state index contributed by atoms with van der Waals surface area (Å²) in [6, 6.07) is 7.99. The number of carbonyl (C=O) groups excluding carboxylic acids is 1. The summed E-state index contributed by atoms with van der Waals surface area (Å²) >= 11 is 4.44. The second kappa shape index (κ2) is 7.40. The van der Waals surface area contributed by atoms with E-state index in [0.717, 1.165) is 3.79 Å². The normalized spacial score (nSPS) is 16.1. The van der Waals surface area contributed by atoms with E-state index in [4.69, 9.17) is 0 Å². The molecule has 0 radical (unpaired) electrons. The van der Waals surface area contributed by atoms with E-state index in [1.54, 1.807) is 35.4 Å². The summed E-state index contributed by atoms with van der Waals surface area (Å²) in [7, 11) is -3.53. The van der Waals surface area contributed by atoms with Gasteiger partial charge in [-0.05, 0) is 34.1 Å². The van der Waals surface area contributed by atoms with Crippen molar-refractivity contribution in [1.29, 1.82) is 0 Å². The fourth-order valence-corrected chi connectivity index (χ4v) is 6.16. The smallest absolute Gasteiger partial charge is 0.252 e. The largest absolute Gasteiger partial charge is 0.339 e. The van der Waals surface area contributed by atoms with E-state index in [2.05, 4.69) is 15.9 Å². The zero-order valence-electron chi connectivity index (χ0n) is 13.2. The molecule has 0 aliphatic carbocycles. The Hall–Kier alpha value is -1.49. The van der Waals surface area contributed by atoms with Crippen molar-refractivity contribution in [1.82, 2.24) is 13.8 Å². The van der Waals surface area contributed by atoms with Gasteiger partial charge in [-0.25, -0.2) is 8.42 Å². The number of aromatic nitrogens is 1. The molecule has 1 amide bonds. The summed E-state index contributed by atoms with van der Waals surface area (Å²) < 4.78 is 28.9. The van der Waals surface area contributed by atoms with Gasteiger partial charge in [-0.1, -0.05) is 6.07 Å². The number of sulfonamides is 1. The van der Waals surface area contributed by atoms with E-state index in [-0.39, 0.29) is 35.3 Å². The first-order valence-corrected chi connectivity index (χ1v) is 10.6. The van der Waals surface area contributed by atoms with Gasteiger partial charge >= 0.3 is 0 Å². The highest BCUT2D eigenvalue weighted by Crippen LogP contribution is 2.28. The first-order valence-electron chi connectivity index (χ1n) is 7.56. The van der Waals surface area contributed by atoms with E-state index >= 15 is 0 Å². The first-order chi connectivity index (χ1) is 11.9. The van der Waals surface area contributed by atoms with Crippen LogP contribution in [0.15, 0.2) is 49.3 Å². The maximum Gasteiger partial charge on any atom is 0.252 e. The Morgan fingerprint density at radius 2 is 1.84 bits per heavy atom. The van der Waals surface area contributed by atoms with E-state index in [0.29, 0.717) is 13.1 Å². The standard InChI is InChI=1S/C15H16BrN3O4S2/c16-12-4-5-15(24-12)25(22,23)19-9-7-17(8-10-19)14(21)11-18-6-2-1-3-13(18)20/h1-6H,7-11H2. The van der Waals surface area contributed by atoms with Crippen molar-refractivity contribution in [3.63, 3.8) is 0 Å². The number of nitrogens with zero attached hydrogens (tertiary/aromatic N) is 3. The molecule has 10 heteroatoms. The van der Waals surface area contributed by atoms with Crippen LogP contribution < -0.4 is 5.56 Å². The van der Waals surface area contributed by atoms with E-state index in [9.17, 15) is 18.0 Å². The molecule has 3 rings (SSSR count). The summed E-state index contributed by atoms with van der Waals surface area (Å²) in [6.07, 6.45) is 1.57. The zero-order valence-corrected chi connectivity index (χ0v) is 16.4. The number of hydrogen-bond donors (Lipinski definition) is 0. The van der Waals surface area contributed by atoms with Crippen molar-refractivity contribution in [2.45, 2.75) is 10.8 Å². The lowest BCUT2D eigenvalue weighted by Gasteiger charge is -2.33. The van der Waals surface area contributed by atoms with Gasteiger partial charge in [0.25, 0.3) is 15.6 Å². The summed E-state index contributed by atoms with van der Waals surface area (Å²) in [4.78, 5) is 25.6. The van der Waals surface area contributed by atoms with Gasteiger partial charge in [0, 0.05) is 38.4 Å². The third kappa shape index (κ3) is 4.02. The molecule has 0 aromatic carbocycles. The number of amides is 1. The molecule has 134 valence electrons. The van der Waals surface area contributed by atoms with Crippen LogP contribution in [0.5, 0.6) is 0 Å². The van der Waals surface area contributed by atoms with Gasteiger partial charge in [0.1, 0.15) is 10.8 Å². The second-order valence-electron chi connectivity index (χ2n) is 5.51. The van der Waals surface area contributed by atoms with Gasteiger partial charge in [0.05, 0.1) is 3.79 Å². The van der Waals surface area contributed by atoms with Gasteiger partial charge < -0.3 is 9.47 Å². The highest BCUT2D eigenvalue weighted by atomic mass is 79.9. The highest BCUT2D eigenvalue weighted by Gasteiger charge is 2.31. The maximum absolute atomic E-state index is 12.6. The van der Waals surface area contributed by atoms with Crippen LogP contribution in [0.25, 0.3) is 0 Å². The third-order valence-corrected chi connectivity index (χ3v) is 7.93. The molecule has 0 unspecified atom stereocenters. The SMILES string of the molecule is O=C(Cn1ccccc1=O)N1CCN(S(=O)(=O)c2ccc(Br)s2)CC1. The first kappa shape index (κ1) is 18.3. The summed E-state index contributed by atoms with van der Waals surface area (Å²) in [5, 5.41) is 0. The lowest BCUT2D eigenvalue weighted by Crippen LogP contribution is -2.51. The van der Waals surface area contributed by atoms with Gasteiger partial charge in [-0.15, -0.1) is 11.3 Å². The molecule has 7 nitrogen and oxygen atoms in total. The Labute approximate surface area is 157 Å². The molecule has 1 aliphatic rings. The molecule has 2 aromatic rings. The Balaban J connectivity index is 1.63. The van der Waals surface area contributed by atoms with Crippen LogP contribution in [0.4, 0.5) is 0 Å². The Morgan fingerprint density at radius 3 is 2.44 bits per heavy atom. The average molecular weight is 446 g/mol. The van der Waals surface area contributed by atoms with Crippen molar-refractivity contribution in [3.05, 3.63) is 50.7 Å². The predicted molar refractivity (Wildman–Crippen MR) is 98.1 cm³/mol. The molecule has 1 fully saturated rings. The lowest BCUT2D eigenvalue weighted by molar-refractivity contribution is -0.133. The van der Waals surface area contributed by atoms with Crippen molar-refractivity contribution < 1.29 is 13.2 Å². The number of thiophene rings is 1. The van der Waals surface area contributed by atoms with Crippen LogP contribution in [0, 0.1) is 0 Å². The van der Waals surface area contributed by atoms with Crippen molar-refractivity contribution in [2.75, 3.05) is 26.2 Å². The van der Waals surface area contributed by atoms with Crippen LogP contribution in [0.3, 0.4) is 0 Å². The third-order valence-electron chi connectivity index (χ3n) is 3.94. The van der Waals surface area contributed by atoms with E-state index in [1.165, 1.54) is 26.3 Å². The molecular formula is C15H16BrN3O4S2. The number of hydrogen-bond acceptors (Lipinski definition) is 5. The van der Waals surface area contributed by atoms with Crippen molar-refractivity contribution in [3.8, 4) is 0 Å². The minimum absolute atomic E-state index is 0.0374. The van der Waals surface area contributed by atoms with Gasteiger partial charge in [0.2, 0.25) is 5.91 Å². The number of halogens is 1. The maximum atomic E-state index is 12.6. The number of piperazine rings is 1. The summed E-state index contributed by atoms with van der Waals surface area (Å²) in [6.45, 7) is 1.07. The van der Waals surface area contributed by atoms with Crippen LogP contribution in [-0.4, -0.2) is 54.3 Å². The van der Waals surface area contributed by atoms with Crippen LogP contribution >= 0.6 is 27.3 Å². The number of pyridine rings is 1. The average Bonchev–Trinajstić information content (AvgIpc) is 3.04. The molecule has 0 atom stereocenters. The highest BCUT2D eigenvalue weighted by molar-refractivity contribution is 9.11. The minimum atomic E-state index is -3.53. The molecule has 0 saturated carbocycles. The Kier molecular flexibility index (Phi) is 5.42. The van der Waals surface area contributed by atoms with Gasteiger partial charge in [-0.2, -0.15) is 4.31 Å². The summed E-state index contributed by atoms with van der Waals surface area (Å²) in [5.41, 5.74) is -0.236. The van der Waals surface area contributed by atoms with Crippen molar-refractivity contribution in [2.24, 2.45) is 0 Å². The minimum Gasteiger partial charge on any atom is -0.339 e. The van der Waals surface area contributed by atoms with Crippen LogP contribution in [0.1, 0.15) is 0 Å². The molecule has 0 spiro atoms. The molecule has 3 heterocycles. The second-order valence-corrected chi connectivity index (χ2v) is 10.1. The molecule has 1 aliphatic heterocycles. The van der Waals surface area contributed by atoms with Crippen LogP contribution in [0.2, 0.25) is 0 Å². The number of rotatable bonds is 4. The van der Waals surface area contributed by atoms with Crippen molar-refractivity contribution >= 4 is 43.2 Å². The molecule has 25 heavy (non-hydrogen) atoms. The Bertz CT molecular complexity index is 930. The fourth-order valence-electron chi connectivity index (χ4n) is 2.58. The molecule has 2 aromatic heterocycles. The van der Waals surface area contributed by atoms with Crippen LogP contribution in [-0.2, 0) is 21.4 Å². The summed E-state index contributed by atoms with van der Waals surface area (Å²) in [5.74, 6) is -0.191. The molecule has 0 bridgehead atoms. The Morgan fingerprint density at radius 1 is 1.12 bits per heavy atom. The van der Waals surface area contributed by atoms with E-state index < -0.39 is 10.0 Å². The topological polar surface area (TPSA) is 79.7 Å². The predicted octanol–water partition coefficient (Wildman–Crippen LogP) is 1.21. The van der Waals surface area contributed by atoms with Gasteiger partial charge in [-0.3, -0.25) is 9.59 Å². The molecular weight excluding hydrogens is 430 g/mol. The molecule has 1 saturated heterocycles. The number of carbonyl (C=O) groups is 1. The van der Waals surface area contributed by atoms with Gasteiger partial charge in [0.15, 0.2) is 0 Å². The zero-order chi connectivity index (χ0) is 18.0. The quantitative estimate of drug-likeness (QED) is 0.707.